The van der Waals surface area contributed by atoms with Gasteiger partial charge in [0.25, 0.3) is 0 Å². The lowest BCUT2D eigenvalue weighted by Crippen LogP contribution is -2.19. The molecule has 0 aromatic carbocycles. The van der Waals surface area contributed by atoms with Crippen LogP contribution in [-0.4, -0.2) is 25.0 Å². The van der Waals surface area contributed by atoms with Crippen LogP contribution in [0.1, 0.15) is 130 Å². The topological polar surface area (TPSA) is 50.0 Å². The van der Waals surface area contributed by atoms with Crippen molar-refractivity contribution in [1.29, 1.82) is 0 Å². The number of hydrogen-bond donors (Lipinski definition) is 0. The first-order chi connectivity index (χ1) is 12.3. The molecule has 0 aromatic heterocycles. The highest BCUT2D eigenvalue weighted by atomic mass is 16.7. The number of unbranched alkanes of at least 4 members (excludes halogenated alkanes) is 13. The summed E-state index contributed by atoms with van der Waals surface area (Å²) in [5.41, 5.74) is 0. The predicted molar refractivity (Wildman–Crippen MR) is 115 cm³/mol. The van der Waals surface area contributed by atoms with Gasteiger partial charge in [-0.25, -0.2) is 0 Å². The van der Waals surface area contributed by atoms with E-state index < -0.39 is 0 Å². The van der Waals surface area contributed by atoms with E-state index in [2.05, 4.69) is 20.8 Å². The molecular formula is C23H50O3. The molecule has 0 fully saturated rings. The highest BCUT2D eigenvalue weighted by molar-refractivity contribution is 4.52. The van der Waals surface area contributed by atoms with Gasteiger partial charge in [-0.05, 0) is 25.7 Å². The van der Waals surface area contributed by atoms with Crippen LogP contribution in [0.15, 0.2) is 0 Å². The fourth-order valence-electron chi connectivity index (χ4n) is 3.12. The van der Waals surface area contributed by atoms with E-state index in [0.717, 1.165) is 26.1 Å². The van der Waals surface area contributed by atoms with Gasteiger partial charge in [0, 0.05) is 13.2 Å². The summed E-state index contributed by atoms with van der Waals surface area (Å²) >= 11 is 0. The Morgan fingerprint density at radius 3 is 1.35 bits per heavy atom. The highest BCUT2D eigenvalue weighted by Crippen LogP contribution is 2.14. The number of hydrogen-bond acceptors (Lipinski definition) is 2. The number of rotatable bonds is 21. The molecule has 0 saturated carbocycles. The van der Waals surface area contributed by atoms with Gasteiger partial charge < -0.3 is 14.9 Å². The lowest BCUT2D eigenvalue weighted by atomic mass is 10.1. The molecule has 0 radical (unpaired) electrons. The van der Waals surface area contributed by atoms with Gasteiger partial charge in [0.2, 0.25) is 0 Å². The van der Waals surface area contributed by atoms with Gasteiger partial charge in [0.15, 0.2) is 6.29 Å². The monoisotopic (exact) mass is 374 g/mol. The van der Waals surface area contributed by atoms with Gasteiger partial charge in [-0.2, -0.15) is 0 Å². The first-order valence-electron chi connectivity index (χ1n) is 11.6. The van der Waals surface area contributed by atoms with Gasteiger partial charge >= 0.3 is 0 Å². The zero-order chi connectivity index (χ0) is 18.4. The minimum atomic E-state index is 0. The largest absolute Gasteiger partial charge is 0.412 e. The van der Waals surface area contributed by atoms with Crippen molar-refractivity contribution in [2.45, 2.75) is 136 Å². The van der Waals surface area contributed by atoms with Crippen molar-refractivity contribution in [3.63, 3.8) is 0 Å². The molecule has 0 amide bonds. The lowest BCUT2D eigenvalue weighted by Gasteiger charge is -2.18. The van der Waals surface area contributed by atoms with Crippen LogP contribution in [0.4, 0.5) is 0 Å². The molecule has 0 aliphatic carbocycles. The van der Waals surface area contributed by atoms with Crippen LogP contribution >= 0.6 is 0 Å². The van der Waals surface area contributed by atoms with Crippen molar-refractivity contribution in [2.24, 2.45) is 0 Å². The minimum Gasteiger partial charge on any atom is -0.412 e. The first-order valence-corrected chi connectivity index (χ1v) is 11.6. The molecule has 1 atom stereocenters. The molecule has 26 heavy (non-hydrogen) atoms. The van der Waals surface area contributed by atoms with E-state index in [4.69, 9.17) is 9.47 Å². The van der Waals surface area contributed by atoms with E-state index in [9.17, 15) is 0 Å². The standard InChI is InChI=1S/C23H48O2.H2O/c1-4-7-10-12-14-15-16-18-20-23(24-21-9-6-3)25-22-19-17-13-11-8-5-2;/h23H,4-22H2,1-3H3;1H2. The van der Waals surface area contributed by atoms with Crippen molar-refractivity contribution < 1.29 is 14.9 Å². The van der Waals surface area contributed by atoms with Crippen LogP contribution in [0.5, 0.6) is 0 Å². The molecule has 0 heterocycles. The summed E-state index contributed by atoms with van der Waals surface area (Å²) in [6.07, 6.45) is 22.3. The highest BCUT2D eigenvalue weighted by Gasteiger charge is 2.09. The van der Waals surface area contributed by atoms with Crippen molar-refractivity contribution in [2.75, 3.05) is 13.2 Å². The van der Waals surface area contributed by atoms with Gasteiger partial charge in [-0.3, -0.25) is 0 Å². The maximum Gasteiger partial charge on any atom is 0.157 e. The van der Waals surface area contributed by atoms with Crippen LogP contribution in [0, 0.1) is 0 Å². The second-order valence-electron chi connectivity index (χ2n) is 7.56. The first kappa shape index (κ1) is 28.1. The molecule has 0 bridgehead atoms. The maximum absolute atomic E-state index is 6.03. The molecule has 3 heteroatoms. The van der Waals surface area contributed by atoms with Crippen LogP contribution in [0.2, 0.25) is 0 Å². The fourth-order valence-corrected chi connectivity index (χ4v) is 3.12. The molecule has 0 rings (SSSR count). The van der Waals surface area contributed by atoms with E-state index in [1.54, 1.807) is 0 Å². The Labute approximate surface area is 164 Å². The zero-order valence-corrected chi connectivity index (χ0v) is 18.3. The molecule has 0 spiro atoms. The van der Waals surface area contributed by atoms with E-state index >= 15 is 0 Å². The van der Waals surface area contributed by atoms with Crippen LogP contribution in [0.25, 0.3) is 0 Å². The Balaban J connectivity index is 0. The summed E-state index contributed by atoms with van der Waals surface area (Å²) < 4.78 is 12.0. The average Bonchev–Trinajstić information content (AvgIpc) is 2.62. The lowest BCUT2D eigenvalue weighted by molar-refractivity contribution is -0.147. The maximum atomic E-state index is 6.03. The molecule has 2 N–H and O–H groups in total. The van der Waals surface area contributed by atoms with Crippen molar-refractivity contribution in [3.8, 4) is 0 Å². The minimum absolute atomic E-state index is 0. The SMILES string of the molecule is CCCCCCCCCCC(OCCCC)OCCCCCCCC.O. The summed E-state index contributed by atoms with van der Waals surface area (Å²) in [6.45, 7) is 8.50. The summed E-state index contributed by atoms with van der Waals surface area (Å²) in [7, 11) is 0. The Kier molecular flexibility index (Phi) is 26.9. The van der Waals surface area contributed by atoms with E-state index in [1.807, 2.05) is 0 Å². The van der Waals surface area contributed by atoms with E-state index in [-0.39, 0.29) is 11.8 Å². The van der Waals surface area contributed by atoms with Crippen LogP contribution in [-0.2, 0) is 9.47 Å². The zero-order valence-electron chi connectivity index (χ0n) is 18.3. The smallest absolute Gasteiger partial charge is 0.157 e. The van der Waals surface area contributed by atoms with Crippen molar-refractivity contribution in [3.05, 3.63) is 0 Å². The van der Waals surface area contributed by atoms with Crippen LogP contribution < -0.4 is 0 Å². The third-order valence-corrected chi connectivity index (χ3v) is 4.90. The molecule has 0 aliphatic rings. The Morgan fingerprint density at radius 2 is 0.846 bits per heavy atom. The summed E-state index contributed by atoms with van der Waals surface area (Å²) in [5.74, 6) is 0. The molecule has 160 valence electrons. The van der Waals surface area contributed by atoms with E-state index in [1.165, 1.54) is 96.3 Å². The molecular weight excluding hydrogens is 324 g/mol. The molecule has 0 aliphatic heterocycles. The molecule has 3 nitrogen and oxygen atoms in total. The molecule has 1 unspecified atom stereocenters. The Morgan fingerprint density at radius 1 is 0.462 bits per heavy atom. The Hall–Kier alpha value is -0.120. The predicted octanol–water partition coefficient (Wildman–Crippen LogP) is 7.21. The second-order valence-corrected chi connectivity index (χ2v) is 7.56. The summed E-state index contributed by atoms with van der Waals surface area (Å²) in [5, 5.41) is 0. The van der Waals surface area contributed by atoms with E-state index in [0.29, 0.717) is 0 Å². The molecule has 0 aromatic rings. The quantitative estimate of drug-likeness (QED) is 0.157. The fraction of sp³-hybridized carbons (Fsp3) is 1.00. The summed E-state index contributed by atoms with van der Waals surface area (Å²) in [6, 6.07) is 0. The average molecular weight is 375 g/mol. The van der Waals surface area contributed by atoms with Gasteiger partial charge in [-0.1, -0.05) is 104 Å². The molecule has 0 saturated heterocycles. The van der Waals surface area contributed by atoms with Gasteiger partial charge in [0.1, 0.15) is 0 Å². The number of ether oxygens (including phenoxy) is 2. The summed E-state index contributed by atoms with van der Waals surface area (Å²) in [4.78, 5) is 0. The third-order valence-electron chi connectivity index (χ3n) is 4.90. The van der Waals surface area contributed by atoms with Crippen molar-refractivity contribution in [1.82, 2.24) is 0 Å². The van der Waals surface area contributed by atoms with Crippen molar-refractivity contribution >= 4 is 0 Å². The normalized spacial score (nSPS) is 12.1. The van der Waals surface area contributed by atoms with Gasteiger partial charge in [-0.15, -0.1) is 0 Å². The second kappa shape index (κ2) is 24.9. The van der Waals surface area contributed by atoms with Crippen LogP contribution in [0.3, 0.4) is 0 Å². The third kappa shape index (κ3) is 21.9. The van der Waals surface area contributed by atoms with Gasteiger partial charge in [0.05, 0.1) is 0 Å². The Bertz CT molecular complexity index is 233.